The lowest BCUT2D eigenvalue weighted by atomic mass is 9.77. The number of aromatic nitrogens is 2. The molecular weight excluding hydrogens is 400 g/mol. The number of methoxy groups -OCH3 is 1. The Morgan fingerprint density at radius 3 is 2.45 bits per heavy atom. The van der Waals surface area contributed by atoms with Crippen LogP contribution in [0.3, 0.4) is 0 Å². The van der Waals surface area contributed by atoms with Crippen LogP contribution in [0.1, 0.15) is 25.1 Å². The third-order valence-electron chi connectivity index (χ3n) is 4.81. The van der Waals surface area contributed by atoms with Gasteiger partial charge in [0.15, 0.2) is 5.82 Å². The molecule has 3 aromatic rings. The Morgan fingerprint density at radius 1 is 1.17 bits per heavy atom. The normalized spacial score (nSPS) is 14.4. The fraction of sp³-hybridized carbons (Fsp3) is 0.263. The van der Waals surface area contributed by atoms with Crippen molar-refractivity contribution in [3.63, 3.8) is 0 Å². The summed E-state index contributed by atoms with van der Waals surface area (Å²) in [5.74, 6) is 2.09. The summed E-state index contributed by atoms with van der Waals surface area (Å²) in [6.45, 7) is 0. The molecule has 4 rings (SSSR count). The van der Waals surface area contributed by atoms with Crippen LogP contribution in [0.15, 0.2) is 47.0 Å². The first kappa shape index (κ1) is 20.6. The molecule has 1 heterocycles. The van der Waals surface area contributed by atoms with Gasteiger partial charge in [0.25, 0.3) is 11.6 Å². The summed E-state index contributed by atoms with van der Waals surface area (Å²) in [6.07, 6.45) is 2.55. The maximum Gasteiger partial charge on any atom is 0.270 e. The molecule has 2 N–H and O–H groups in total. The maximum absolute atomic E-state index is 11.2. The molecule has 1 aliphatic rings. The Bertz CT molecular complexity index is 1020. The number of benzene rings is 2. The molecule has 0 spiro atoms. The minimum atomic E-state index is -0.598. The van der Waals surface area contributed by atoms with Crippen molar-refractivity contribution in [3.05, 3.63) is 58.4 Å². The second-order valence-corrected chi connectivity index (χ2v) is 6.65. The van der Waals surface area contributed by atoms with Crippen molar-refractivity contribution in [1.29, 1.82) is 0 Å². The molecule has 152 valence electrons. The van der Waals surface area contributed by atoms with E-state index in [0.717, 1.165) is 19.3 Å². The molecule has 1 fully saturated rings. The fourth-order valence-corrected chi connectivity index (χ4v) is 2.97. The van der Waals surface area contributed by atoms with Crippen molar-refractivity contribution in [2.24, 2.45) is 5.73 Å². The molecular formula is C19H19ClN4O5. The first-order chi connectivity index (χ1) is 13.5. The van der Waals surface area contributed by atoms with Gasteiger partial charge in [-0.25, -0.2) is 0 Å². The lowest BCUT2D eigenvalue weighted by Crippen LogP contribution is -2.44. The molecule has 0 aliphatic heterocycles. The maximum atomic E-state index is 11.2. The second kappa shape index (κ2) is 8.06. The number of nitrogens with zero attached hydrogens (tertiary/aromatic N) is 3. The highest BCUT2D eigenvalue weighted by Crippen LogP contribution is 2.40. The van der Waals surface area contributed by atoms with Gasteiger partial charge in [-0.3, -0.25) is 10.1 Å². The van der Waals surface area contributed by atoms with E-state index in [0.29, 0.717) is 28.6 Å². The Morgan fingerprint density at radius 2 is 1.86 bits per heavy atom. The predicted molar refractivity (Wildman–Crippen MR) is 106 cm³/mol. The molecule has 1 saturated carbocycles. The number of non-ortho nitro benzene ring substituents is 1. The number of nitrogens with two attached hydrogens (primary N) is 1. The van der Waals surface area contributed by atoms with Crippen LogP contribution in [0, 0.1) is 10.1 Å². The number of hydrogen-bond acceptors (Lipinski definition) is 8. The molecule has 2 aromatic carbocycles. The summed E-state index contributed by atoms with van der Waals surface area (Å²) in [6, 6.07) is 11.2. The number of nitro benzene ring substituents is 1. The van der Waals surface area contributed by atoms with E-state index in [1.165, 1.54) is 18.2 Å². The monoisotopic (exact) mass is 418 g/mol. The average molecular weight is 419 g/mol. The van der Waals surface area contributed by atoms with Crippen molar-refractivity contribution < 1.29 is 18.9 Å². The average Bonchev–Trinajstić information content (AvgIpc) is 3.17. The molecule has 29 heavy (non-hydrogen) atoms. The van der Waals surface area contributed by atoms with Crippen molar-refractivity contribution in [3.8, 4) is 28.7 Å². The molecule has 0 unspecified atom stereocenters. The van der Waals surface area contributed by atoms with E-state index < -0.39 is 10.5 Å². The third-order valence-corrected chi connectivity index (χ3v) is 4.81. The van der Waals surface area contributed by atoms with Crippen LogP contribution in [0.25, 0.3) is 11.5 Å². The standard InChI is InChI=1S/C19H18N4O5.ClH/c1-26-13-4-6-14(7-5-13)27-16-8-3-12(23(24)25)11-15(16)17-21-18(22-28-17)19(20)9-2-10-19;/h3-8,11H,2,9-10,20H2,1H3;1H. The molecule has 0 atom stereocenters. The van der Waals surface area contributed by atoms with Gasteiger partial charge in [-0.2, -0.15) is 4.98 Å². The van der Waals surface area contributed by atoms with E-state index >= 15 is 0 Å². The summed E-state index contributed by atoms with van der Waals surface area (Å²) in [7, 11) is 1.57. The van der Waals surface area contributed by atoms with Crippen LogP contribution in [0.2, 0.25) is 0 Å². The van der Waals surface area contributed by atoms with Gasteiger partial charge in [-0.1, -0.05) is 5.16 Å². The van der Waals surface area contributed by atoms with Gasteiger partial charge in [-0.15, -0.1) is 12.4 Å². The third kappa shape index (κ3) is 4.01. The van der Waals surface area contributed by atoms with Crippen molar-refractivity contribution in [2.75, 3.05) is 7.11 Å². The lowest BCUT2D eigenvalue weighted by molar-refractivity contribution is -0.384. The van der Waals surface area contributed by atoms with Gasteiger partial charge in [0.1, 0.15) is 17.2 Å². The molecule has 1 aliphatic carbocycles. The topological polar surface area (TPSA) is 127 Å². The molecule has 0 radical (unpaired) electrons. The summed E-state index contributed by atoms with van der Waals surface area (Å²) < 4.78 is 16.4. The molecule has 0 bridgehead atoms. The number of halogens is 1. The highest BCUT2D eigenvalue weighted by molar-refractivity contribution is 5.85. The van der Waals surface area contributed by atoms with Gasteiger partial charge in [0.05, 0.1) is 23.1 Å². The van der Waals surface area contributed by atoms with E-state index in [-0.39, 0.29) is 24.0 Å². The summed E-state index contributed by atoms with van der Waals surface area (Å²) in [5, 5.41) is 15.2. The molecule has 0 amide bonds. The summed E-state index contributed by atoms with van der Waals surface area (Å²) in [5.41, 5.74) is 5.87. The quantitative estimate of drug-likeness (QED) is 0.466. The van der Waals surface area contributed by atoms with Gasteiger partial charge >= 0.3 is 0 Å². The first-order valence-corrected chi connectivity index (χ1v) is 8.72. The minimum absolute atomic E-state index is 0. The van der Waals surface area contributed by atoms with E-state index in [2.05, 4.69) is 10.1 Å². The van der Waals surface area contributed by atoms with E-state index in [1.807, 2.05) is 0 Å². The van der Waals surface area contributed by atoms with Crippen molar-refractivity contribution in [2.45, 2.75) is 24.8 Å². The Labute approximate surface area is 172 Å². The second-order valence-electron chi connectivity index (χ2n) is 6.65. The number of ether oxygens (including phenoxy) is 2. The predicted octanol–water partition coefficient (Wildman–Crippen LogP) is 4.21. The van der Waals surface area contributed by atoms with Gasteiger partial charge < -0.3 is 19.7 Å². The zero-order valence-electron chi connectivity index (χ0n) is 15.5. The summed E-state index contributed by atoms with van der Waals surface area (Å²) in [4.78, 5) is 15.1. The minimum Gasteiger partial charge on any atom is -0.497 e. The highest BCUT2D eigenvalue weighted by atomic mass is 35.5. The van der Waals surface area contributed by atoms with E-state index in [9.17, 15) is 10.1 Å². The lowest BCUT2D eigenvalue weighted by Gasteiger charge is -2.34. The van der Waals surface area contributed by atoms with Crippen molar-refractivity contribution >= 4 is 18.1 Å². The fourth-order valence-electron chi connectivity index (χ4n) is 2.97. The molecule has 9 nitrogen and oxygen atoms in total. The van der Waals surface area contributed by atoms with Gasteiger partial charge in [0, 0.05) is 12.1 Å². The highest BCUT2D eigenvalue weighted by Gasteiger charge is 2.39. The SMILES string of the molecule is COc1ccc(Oc2ccc([N+](=O)[O-])cc2-c2nc(C3(N)CCC3)no2)cc1.Cl. The van der Waals surface area contributed by atoms with Crippen molar-refractivity contribution in [1.82, 2.24) is 10.1 Å². The van der Waals surface area contributed by atoms with Crippen LogP contribution in [-0.4, -0.2) is 22.2 Å². The molecule has 10 heteroatoms. The van der Waals surface area contributed by atoms with E-state index in [1.54, 1.807) is 31.4 Å². The zero-order valence-corrected chi connectivity index (χ0v) is 16.3. The first-order valence-electron chi connectivity index (χ1n) is 8.72. The summed E-state index contributed by atoms with van der Waals surface area (Å²) >= 11 is 0. The number of hydrogen-bond donors (Lipinski definition) is 1. The van der Waals surface area contributed by atoms with Crippen LogP contribution in [-0.2, 0) is 5.54 Å². The van der Waals surface area contributed by atoms with Crippen LogP contribution < -0.4 is 15.2 Å². The zero-order chi connectivity index (χ0) is 19.7. The Balaban J connectivity index is 0.00000240. The van der Waals surface area contributed by atoms with Crippen LogP contribution in [0.5, 0.6) is 17.2 Å². The molecule has 0 saturated heterocycles. The van der Waals surface area contributed by atoms with Crippen LogP contribution in [0.4, 0.5) is 5.69 Å². The smallest absolute Gasteiger partial charge is 0.270 e. The number of nitro groups is 1. The number of rotatable bonds is 6. The van der Waals surface area contributed by atoms with Gasteiger partial charge in [-0.05, 0) is 49.6 Å². The Kier molecular flexibility index (Phi) is 5.71. The molecule has 1 aromatic heterocycles. The van der Waals surface area contributed by atoms with Gasteiger partial charge in [0.2, 0.25) is 0 Å². The largest absolute Gasteiger partial charge is 0.497 e. The Hall–Kier alpha value is -3.17. The van der Waals surface area contributed by atoms with Crippen LogP contribution >= 0.6 is 12.4 Å². The van der Waals surface area contributed by atoms with E-state index in [4.69, 9.17) is 19.7 Å².